The topological polar surface area (TPSA) is 66.5 Å². The molecule has 30 heavy (non-hydrogen) atoms. The maximum atomic E-state index is 14.7. The zero-order chi connectivity index (χ0) is 20.9. The SMILES string of the molecule is Cc1ccc(Sc2ccc(-c3ccc(CCC(N)(CO)CO)cc3)c(F)c2)cc1.Cl. The summed E-state index contributed by atoms with van der Waals surface area (Å²) in [6.07, 6.45) is 1.10. The molecule has 4 N–H and O–H groups in total. The van der Waals surface area contributed by atoms with Gasteiger partial charge < -0.3 is 15.9 Å². The van der Waals surface area contributed by atoms with Gasteiger partial charge in [0.2, 0.25) is 0 Å². The van der Waals surface area contributed by atoms with Crippen LogP contribution in [0.3, 0.4) is 0 Å². The fourth-order valence-electron chi connectivity index (χ4n) is 2.99. The Hall–Kier alpha value is -1.89. The van der Waals surface area contributed by atoms with Gasteiger partial charge in [0.15, 0.2) is 0 Å². The number of aryl methyl sites for hydroxylation is 2. The Morgan fingerprint density at radius 1 is 0.900 bits per heavy atom. The minimum Gasteiger partial charge on any atom is -0.394 e. The fourth-order valence-corrected chi connectivity index (χ4v) is 3.83. The summed E-state index contributed by atoms with van der Waals surface area (Å²) in [5.74, 6) is -0.253. The van der Waals surface area contributed by atoms with Crippen molar-refractivity contribution in [2.75, 3.05) is 13.2 Å². The molecule has 0 aliphatic heterocycles. The summed E-state index contributed by atoms with van der Waals surface area (Å²) < 4.78 is 14.7. The molecule has 0 aliphatic carbocycles. The van der Waals surface area contributed by atoms with Gasteiger partial charge in [-0.1, -0.05) is 59.8 Å². The van der Waals surface area contributed by atoms with Crippen molar-refractivity contribution in [2.45, 2.75) is 35.1 Å². The molecule has 0 bridgehead atoms. The molecule has 0 aromatic heterocycles. The minimum absolute atomic E-state index is 0. The van der Waals surface area contributed by atoms with E-state index in [0.29, 0.717) is 18.4 Å². The highest BCUT2D eigenvalue weighted by Gasteiger charge is 2.22. The van der Waals surface area contributed by atoms with Crippen LogP contribution in [0.25, 0.3) is 11.1 Å². The number of hydrogen-bond donors (Lipinski definition) is 3. The third-order valence-electron chi connectivity index (χ3n) is 5.00. The van der Waals surface area contributed by atoms with Gasteiger partial charge in [-0.3, -0.25) is 0 Å². The molecule has 0 aliphatic rings. The number of nitrogens with two attached hydrogens (primary N) is 1. The maximum absolute atomic E-state index is 14.7. The van der Waals surface area contributed by atoms with Crippen molar-refractivity contribution in [1.29, 1.82) is 0 Å². The molecular weight excluding hydrogens is 421 g/mol. The van der Waals surface area contributed by atoms with Crippen LogP contribution < -0.4 is 5.73 Å². The maximum Gasteiger partial charge on any atom is 0.132 e. The smallest absolute Gasteiger partial charge is 0.132 e. The predicted molar refractivity (Wildman–Crippen MR) is 124 cm³/mol. The summed E-state index contributed by atoms with van der Waals surface area (Å²) in [5, 5.41) is 18.6. The Balaban J connectivity index is 0.00000320. The van der Waals surface area contributed by atoms with Crippen LogP contribution in [0, 0.1) is 12.7 Å². The van der Waals surface area contributed by atoms with E-state index in [9.17, 15) is 14.6 Å². The zero-order valence-corrected chi connectivity index (χ0v) is 18.5. The average molecular weight is 448 g/mol. The van der Waals surface area contributed by atoms with E-state index in [2.05, 4.69) is 0 Å². The van der Waals surface area contributed by atoms with E-state index in [1.165, 1.54) is 17.3 Å². The van der Waals surface area contributed by atoms with Gasteiger partial charge in [0.05, 0.1) is 18.8 Å². The van der Waals surface area contributed by atoms with Crippen LogP contribution >= 0.6 is 24.2 Å². The molecule has 3 nitrogen and oxygen atoms in total. The molecule has 0 radical (unpaired) electrons. The number of aliphatic hydroxyl groups is 2. The molecule has 0 saturated carbocycles. The lowest BCUT2D eigenvalue weighted by atomic mass is 9.93. The molecule has 160 valence electrons. The van der Waals surface area contributed by atoms with Gasteiger partial charge in [0, 0.05) is 15.4 Å². The lowest BCUT2D eigenvalue weighted by Gasteiger charge is -2.24. The van der Waals surface area contributed by atoms with E-state index in [1.807, 2.05) is 67.6 Å². The third kappa shape index (κ3) is 6.30. The molecule has 0 atom stereocenters. The van der Waals surface area contributed by atoms with Crippen molar-refractivity contribution < 1.29 is 14.6 Å². The van der Waals surface area contributed by atoms with Gasteiger partial charge in [-0.15, -0.1) is 12.4 Å². The second-order valence-electron chi connectivity index (χ2n) is 7.43. The van der Waals surface area contributed by atoms with Crippen LogP contribution in [-0.2, 0) is 6.42 Å². The molecule has 0 heterocycles. The molecule has 0 saturated heterocycles. The highest BCUT2D eigenvalue weighted by molar-refractivity contribution is 7.99. The summed E-state index contributed by atoms with van der Waals surface area (Å²) in [4.78, 5) is 1.94. The Bertz CT molecular complexity index is 944. The van der Waals surface area contributed by atoms with E-state index in [4.69, 9.17) is 5.73 Å². The van der Waals surface area contributed by atoms with Crippen LogP contribution in [0.15, 0.2) is 76.5 Å². The molecule has 0 unspecified atom stereocenters. The summed E-state index contributed by atoms with van der Waals surface area (Å²) in [6, 6.07) is 21.1. The monoisotopic (exact) mass is 447 g/mol. The van der Waals surface area contributed by atoms with E-state index in [1.54, 1.807) is 6.07 Å². The van der Waals surface area contributed by atoms with Crippen LogP contribution in [0.5, 0.6) is 0 Å². The second kappa shape index (κ2) is 10.9. The van der Waals surface area contributed by atoms with Crippen molar-refractivity contribution in [1.82, 2.24) is 0 Å². The minimum atomic E-state index is -0.976. The molecular formula is C24H27ClFNO2S. The van der Waals surface area contributed by atoms with E-state index in [0.717, 1.165) is 20.9 Å². The fraction of sp³-hybridized carbons (Fsp3) is 0.250. The first-order valence-electron chi connectivity index (χ1n) is 9.56. The van der Waals surface area contributed by atoms with Gasteiger partial charge in [0.1, 0.15) is 5.82 Å². The number of hydrogen-bond acceptors (Lipinski definition) is 4. The normalized spacial score (nSPS) is 11.2. The van der Waals surface area contributed by atoms with Gasteiger partial charge in [-0.25, -0.2) is 4.39 Å². The van der Waals surface area contributed by atoms with Crippen LogP contribution in [0.4, 0.5) is 4.39 Å². The molecule has 3 aromatic rings. The van der Waals surface area contributed by atoms with Gasteiger partial charge in [-0.2, -0.15) is 0 Å². The Morgan fingerprint density at radius 2 is 1.50 bits per heavy atom. The number of aliphatic hydroxyl groups excluding tert-OH is 2. The lowest BCUT2D eigenvalue weighted by molar-refractivity contribution is 0.115. The number of rotatable bonds is 8. The van der Waals surface area contributed by atoms with Crippen molar-refractivity contribution in [3.8, 4) is 11.1 Å². The standard InChI is InChI=1S/C24H26FNO2S.ClH/c1-17-2-8-20(9-3-17)29-21-10-11-22(23(25)14-21)19-6-4-18(5-7-19)12-13-24(26,15-27)16-28;/h2-11,14,27-28H,12-13,15-16,26H2,1H3;1H. The van der Waals surface area contributed by atoms with Gasteiger partial charge >= 0.3 is 0 Å². The summed E-state index contributed by atoms with van der Waals surface area (Å²) >= 11 is 1.54. The summed E-state index contributed by atoms with van der Waals surface area (Å²) in [6.45, 7) is 1.51. The lowest BCUT2D eigenvalue weighted by Crippen LogP contribution is -2.47. The van der Waals surface area contributed by atoms with Gasteiger partial charge in [0.25, 0.3) is 0 Å². The van der Waals surface area contributed by atoms with Crippen molar-refractivity contribution in [2.24, 2.45) is 5.73 Å². The molecule has 3 aromatic carbocycles. The Morgan fingerprint density at radius 3 is 2.07 bits per heavy atom. The Kier molecular flexibility index (Phi) is 8.89. The first kappa shape index (κ1) is 24.4. The van der Waals surface area contributed by atoms with Crippen LogP contribution in [0.2, 0.25) is 0 Å². The molecule has 0 spiro atoms. The largest absolute Gasteiger partial charge is 0.394 e. The first-order valence-corrected chi connectivity index (χ1v) is 10.4. The van der Waals surface area contributed by atoms with Crippen LogP contribution in [-0.4, -0.2) is 29.0 Å². The molecule has 6 heteroatoms. The molecule has 3 rings (SSSR count). The van der Waals surface area contributed by atoms with E-state index in [-0.39, 0.29) is 31.4 Å². The van der Waals surface area contributed by atoms with E-state index < -0.39 is 5.54 Å². The quantitative estimate of drug-likeness (QED) is 0.455. The van der Waals surface area contributed by atoms with Crippen LogP contribution in [0.1, 0.15) is 17.5 Å². The number of halogens is 2. The second-order valence-corrected chi connectivity index (χ2v) is 8.58. The van der Waals surface area contributed by atoms with E-state index >= 15 is 0 Å². The molecule has 0 fully saturated rings. The highest BCUT2D eigenvalue weighted by Crippen LogP contribution is 2.32. The van der Waals surface area contributed by atoms with Crippen molar-refractivity contribution in [3.63, 3.8) is 0 Å². The molecule has 0 amide bonds. The predicted octanol–water partition coefficient (Wildman–Crippen LogP) is 4.99. The summed E-state index contributed by atoms with van der Waals surface area (Å²) in [7, 11) is 0. The van der Waals surface area contributed by atoms with Crippen molar-refractivity contribution >= 4 is 24.2 Å². The number of benzene rings is 3. The first-order chi connectivity index (χ1) is 13.9. The zero-order valence-electron chi connectivity index (χ0n) is 16.8. The average Bonchev–Trinajstić information content (AvgIpc) is 2.74. The van der Waals surface area contributed by atoms with Gasteiger partial charge in [-0.05, 0) is 55.2 Å². The van der Waals surface area contributed by atoms with Crippen molar-refractivity contribution in [3.05, 3.63) is 83.7 Å². The Labute approximate surface area is 187 Å². The summed E-state index contributed by atoms with van der Waals surface area (Å²) in [5.41, 5.74) is 8.52. The third-order valence-corrected chi connectivity index (χ3v) is 6.00. The highest BCUT2D eigenvalue weighted by atomic mass is 35.5.